The van der Waals surface area contributed by atoms with Crippen LogP contribution in [0.5, 0.6) is 0 Å². The maximum atomic E-state index is 4.42. The first-order chi connectivity index (χ1) is 8.74. The van der Waals surface area contributed by atoms with E-state index in [4.69, 9.17) is 0 Å². The molecule has 0 aliphatic carbocycles. The van der Waals surface area contributed by atoms with E-state index in [1.807, 2.05) is 18.7 Å². The van der Waals surface area contributed by atoms with E-state index in [1.54, 1.807) is 0 Å². The van der Waals surface area contributed by atoms with Crippen molar-refractivity contribution in [2.24, 2.45) is 7.05 Å². The zero-order valence-corrected chi connectivity index (χ0v) is 11.0. The number of fused-ring (bicyclic) bond motifs is 1. The van der Waals surface area contributed by atoms with Crippen LogP contribution in [0.2, 0.25) is 0 Å². The SMILES string of the molecule is Cc1cc(Cc2cccc3c2CCNC3)n(C)n1. The van der Waals surface area contributed by atoms with Gasteiger partial charge in [0.25, 0.3) is 0 Å². The Morgan fingerprint density at radius 2 is 2.28 bits per heavy atom. The highest BCUT2D eigenvalue weighted by molar-refractivity contribution is 5.39. The van der Waals surface area contributed by atoms with Gasteiger partial charge in [-0.15, -0.1) is 0 Å². The van der Waals surface area contributed by atoms with Gasteiger partial charge in [0.05, 0.1) is 5.69 Å². The summed E-state index contributed by atoms with van der Waals surface area (Å²) in [7, 11) is 2.03. The van der Waals surface area contributed by atoms with Crippen LogP contribution in [-0.2, 0) is 26.4 Å². The second-order valence-corrected chi connectivity index (χ2v) is 5.06. The molecule has 0 spiro atoms. The Hall–Kier alpha value is -1.61. The van der Waals surface area contributed by atoms with Gasteiger partial charge in [-0.3, -0.25) is 4.68 Å². The highest BCUT2D eigenvalue weighted by Crippen LogP contribution is 2.21. The molecular weight excluding hydrogens is 222 g/mol. The fraction of sp³-hybridized carbons (Fsp3) is 0.400. The van der Waals surface area contributed by atoms with E-state index < -0.39 is 0 Å². The lowest BCUT2D eigenvalue weighted by Gasteiger charge is -2.20. The van der Waals surface area contributed by atoms with E-state index in [2.05, 4.69) is 34.7 Å². The van der Waals surface area contributed by atoms with Crippen LogP contribution in [0.1, 0.15) is 28.1 Å². The normalized spacial score (nSPS) is 14.6. The number of hydrogen-bond acceptors (Lipinski definition) is 2. The van der Waals surface area contributed by atoms with Crippen molar-refractivity contribution in [3.8, 4) is 0 Å². The molecule has 1 aromatic carbocycles. The maximum Gasteiger partial charge on any atom is 0.0596 e. The van der Waals surface area contributed by atoms with E-state index in [0.717, 1.165) is 31.6 Å². The molecule has 0 amide bonds. The topological polar surface area (TPSA) is 29.9 Å². The summed E-state index contributed by atoms with van der Waals surface area (Å²) in [4.78, 5) is 0. The quantitative estimate of drug-likeness (QED) is 0.871. The molecule has 2 heterocycles. The molecule has 2 aromatic rings. The number of rotatable bonds is 2. The molecule has 0 saturated heterocycles. The van der Waals surface area contributed by atoms with Gasteiger partial charge in [-0.25, -0.2) is 0 Å². The van der Waals surface area contributed by atoms with E-state index in [-0.39, 0.29) is 0 Å². The van der Waals surface area contributed by atoms with Crippen molar-refractivity contribution in [1.82, 2.24) is 15.1 Å². The summed E-state index contributed by atoms with van der Waals surface area (Å²) in [5.74, 6) is 0. The minimum absolute atomic E-state index is 0.987. The first-order valence-corrected chi connectivity index (χ1v) is 6.54. The number of benzene rings is 1. The molecule has 3 nitrogen and oxygen atoms in total. The lowest BCUT2D eigenvalue weighted by molar-refractivity contribution is 0.637. The second-order valence-electron chi connectivity index (χ2n) is 5.06. The number of nitrogens with zero attached hydrogens (tertiary/aromatic N) is 2. The van der Waals surface area contributed by atoms with Gasteiger partial charge in [0.1, 0.15) is 0 Å². The Labute approximate surface area is 108 Å². The molecule has 1 N–H and O–H groups in total. The summed E-state index contributed by atoms with van der Waals surface area (Å²) >= 11 is 0. The van der Waals surface area contributed by atoms with E-state index >= 15 is 0 Å². The van der Waals surface area contributed by atoms with Gasteiger partial charge in [-0.05, 0) is 42.6 Å². The summed E-state index contributed by atoms with van der Waals surface area (Å²) in [5, 5.41) is 7.85. The monoisotopic (exact) mass is 241 g/mol. The van der Waals surface area contributed by atoms with Crippen molar-refractivity contribution < 1.29 is 0 Å². The van der Waals surface area contributed by atoms with E-state index in [9.17, 15) is 0 Å². The third kappa shape index (κ3) is 2.06. The number of aryl methyl sites for hydroxylation is 2. The van der Waals surface area contributed by atoms with Crippen LogP contribution in [0.15, 0.2) is 24.3 Å². The predicted octanol–water partition coefficient (Wildman–Crippen LogP) is 1.97. The summed E-state index contributed by atoms with van der Waals surface area (Å²) in [6, 6.07) is 8.84. The minimum atomic E-state index is 0.987. The lowest BCUT2D eigenvalue weighted by atomic mass is 9.93. The summed E-state index contributed by atoms with van der Waals surface area (Å²) < 4.78 is 2.00. The van der Waals surface area contributed by atoms with Gasteiger partial charge in [0.15, 0.2) is 0 Å². The van der Waals surface area contributed by atoms with Gasteiger partial charge in [-0.1, -0.05) is 18.2 Å². The molecule has 3 rings (SSSR count). The maximum absolute atomic E-state index is 4.42. The Morgan fingerprint density at radius 3 is 3.06 bits per heavy atom. The highest BCUT2D eigenvalue weighted by atomic mass is 15.3. The molecule has 1 aliphatic rings. The molecule has 0 unspecified atom stereocenters. The van der Waals surface area contributed by atoms with Crippen LogP contribution < -0.4 is 5.32 Å². The van der Waals surface area contributed by atoms with Crippen LogP contribution in [0.25, 0.3) is 0 Å². The Bertz CT molecular complexity index is 569. The molecule has 18 heavy (non-hydrogen) atoms. The standard InChI is InChI=1S/C15H19N3/c1-11-8-14(18(2)17-11)9-12-4-3-5-13-10-16-7-6-15(12)13/h3-5,8,16H,6-7,9-10H2,1-2H3. The van der Waals surface area contributed by atoms with E-state index in [1.165, 1.54) is 22.4 Å². The van der Waals surface area contributed by atoms with Crippen molar-refractivity contribution >= 4 is 0 Å². The van der Waals surface area contributed by atoms with Crippen LogP contribution >= 0.6 is 0 Å². The molecule has 3 heteroatoms. The molecule has 1 aliphatic heterocycles. The van der Waals surface area contributed by atoms with Crippen molar-refractivity contribution in [3.63, 3.8) is 0 Å². The zero-order chi connectivity index (χ0) is 12.5. The third-order valence-electron chi connectivity index (χ3n) is 3.71. The zero-order valence-electron chi connectivity index (χ0n) is 11.0. The summed E-state index contributed by atoms with van der Waals surface area (Å²) in [5.41, 5.74) is 6.84. The summed E-state index contributed by atoms with van der Waals surface area (Å²) in [6.45, 7) is 4.15. The molecule has 0 bridgehead atoms. The van der Waals surface area contributed by atoms with Crippen molar-refractivity contribution in [3.05, 3.63) is 52.3 Å². The Morgan fingerprint density at radius 1 is 1.39 bits per heavy atom. The van der Waals surface area contributed by atoms with Gasteiger partial charge >= 0.3 is 0 Å². The van der Waals surface area contributed by atoms with Crippen LogP contribution in [0, 0.1) is 6.92 Å². The van der Waals surface area contributed by atoms with Gasteiger partial charge < -0.3 is 5.32 Å². The van der Waals surface area contributed by atoms with Crippen molar-refractivity contribution in [2.45, 2.75) is 26.3 Å². The van der Waals surface area contributed by atoms with Crippen LogP contribution in [-0.4, -0.2) is 16.3 Å². The number of hydrogen-bond donors (Lipinski definition) is 1. The predicted molar refractivity (Wildman–Crippen MR) is 72.6 cm³/mol. The molecule has 0 atom stereocenters. The molecule has 94 valence electrons. The van der Waals surface area contributed by atoms with Crippen molar-refractivity contribution in [2.75, 3.05) is 6.54 Å². The number of nitrogens with one attached hydrogen (secondary N) is 1. The van der Waals surface area contributed by atoms with E-state index in [0.29, 0.717) is 0 Å². The van der Waals surface area contributed by atoms with Gasteiger partial charge in [0, 0.05) is 25.7 Å². The van der Waals surface area contributed by atoms with Gasteiger partial charge in [0.2, 0.25) is 0 Å². The molecular formula is C15H19N3. The first-order valence-electron chi connectivity index (χ1n) is 6.54. The molecule has 0 saturated carbocycles. The first kappa shape index (κ1) is 11.5. The fourth-order valence-corrected chi connectivity index (χ4v) is 2.80. The average Bonchev–Trinajstić information content (AvgIpc) is 2.68. The Kier molecular flexibility index (Phi) is 2.92. The molecule has 1 aromatic heterocycles. The largest absolute Gasteiger partial charge is 0.312 e. The minimum Gasteiger partial charge on any atom is -0.312 e. The van der Waals surface area contributed by atoms with Crippen molar-refractivity contribution in [1.29, 1.82) is 0 Å². The fourth-order valence-electron chi connectivity index (χ4n) is 2.80. The Balaban J connectivity index is 1.95. The second kappa shape index (κ2) is 4.58. The smallest absolute Gasteiger partial charge is 0.0596 e. The lowest BCUT2D eigenvalue weighted by Crippen LogP contribution is -2.24. The third-order valence-corrected chi connectivity index (χ3v) is 3.71. The highest BCUT2D eigenvalue weighted by Gasteiger charge is 2.13. The number of aromatic nitrogens is 2. The average molecular weight is 241 g/mol. The van der Waals surface area contributed by atoms with Gasteiger partial charge in [-0.2, -0.15) is 5.10 Å². The van der Waals surface area contributed by atoms with Crippen LogP contribution in [0.3, 0.4) is 0 Å². The van der Waals surface area contributed by atoms with Crippen LogP contribution in [0.4, 0.5) is 0 Å². The molecule has 0 radical (unpaired) electrons. The molecule has 0 fully saturated rings. The summed E-state index contributed by atoms with van der Waals surface area (Å²) in [6.07, 6.45) is 2.13.